The quantitative estimate of drug-likeness (QED) is 0.826. The lowest BCUT2D eigenvalue weighted by Gasteiger charge is -2.48. The first-order valence-electron chi connectivity index (χ1n) is 8.49. The van der Waals surface area contributed by atoms with Gasteiger partial charge < -0.3 is 10.6 Å². The predicted octanol–water partition coefficient (Wildman–Crippen LogP) is 1.96. The van der Waals surface area contributed by atoms with Crippen LogP contribution in [0.4, 0.5) is 0 Å². The third kappa shape index (κ3) is 4.11. The molecule has 2 saturated heterocycles. The Hall–Kier alpha value is 0.0300. The molecule has 0 bridgehead atoms. The van der Waals surface area contributed by atoms with Crippen molar-refractivity contribution in [2.75, 3.05) is 31.6 Å². The van der Waals surface area contributed by atoms with Gasteiger partial charge in [0.25, 0.3) is 0 Å². The van der Waals surface area contributed by atoms with Crippen LogP contribution < -0.4 is 5.73 Å². The fraction of sp³-hybridized carbons (Fsp3) is 0.938. The van der Waals surface area contributed by atoms with Crippen LogP contribution in [0.2, 0.25) is 0 Å². The number of likely N-dealkylation sites (tertiary alicyclic amines) is 2. The van der Waals surface area contributed by atoms with E-state index in [0.29, 0.717) is 5.92 Å². The number of nitrogens with two attached hydrogens (primary N) is 1. The van der Waals surface area contributed by atoms with E-state index in [-0.39, 0.29) is 24.4 Å². The Bertz CT molecular complexity index is 380. The number of rotatable bonds is 5. The lowest BCUT2D eigenvalue weighted by Crippen LogP contribution is -2.57. The second kappa shape index (κ2) is 8.22. The average Bonchev–Trinajstić information content (AvgIpc) is 3.35. The molecule has 0 aromatic carbocycles. The molecule has 128 valence electrons. The molecule has 2 N–H and O–H groups in total. The topological polar surface area (TPSA) is 49.6 Å². The fourth-order valence-corrected chi connectivity index (χ4v) is 4.59. The van der Waals surface area contributed by atoms with Crippen molar-refractivity contribution in [3.05, 3.63) is 0 Å². The Balaban J connectivity index is 0.00000176. The number of carbonyl (C=O) groups excluding carboxylic acids is 1. The molecule has 3 atom stereocenters. The fourth-order valence-electron chi connectivity index (χ4n) is 4.10. The zero-order chi connectivity index (χ0) is 14.8. The zero-order valence-corrected chi connectivity index (χ0v) is 15.2. The third-order valence-corrected chi connectivity index (χ3v) is 6.03. The number of piperidine rings is 2. The van der Waals surface area contributed by atoms with Crippen LogP contribution in [0.5, 0.6) is 0 Å². The Morgan fingerprint density at radius 3 is 2.73 bits per heavy atom. The maximum absolute atomic E-state index is 12.5. The minimum atomic E-state index is -0.294. The molecule has 2 heterocycles. The van der Waals surface area contributed by atoms with E-state index in [1.165, 1.54) is 32.2 Å². The molecule has 1 saturated carbocycles. The summed E-state index contributed by atoms with van der Waals surface area (Å²) < 4.78 is 0. The molecule has 6 heteroatoms. The summed E-state index contributed by atoms with van der Waals surface area (Å²) in [6.45, 7) is 3.14. The van der Waals surface area contributed by atoms with Crippen LogP contribution in [0.1, 0.15) is 38.5 Å². The normalized spacial score (nSPS) is 30.4. The Labute approximate surface area is 144 Å². The van der Waals surface area contributed by atoms with Gasteiger partial charge in [0.1, 0.15) is 0 Å². The first-order valence-corrected chi connectivity index (χ1v) is 9.89. The van der Waals surface area contributed by atoms with Crippen molar-refractivity contribution >= 4 is 30.1 Å². The smallest absolute Gasteiger partial charge is 0.239 e. The van der Waals surface area contributed by atoms with E-state index in [1.807, 2.05) is 0 Å². The van der Waals surface area contributed by atoms with E-state index in [2.05, 4.69) is 16.1 Å². The number of fused-ring (bicyclic) bond motifs is 1. The van der Waals surface area contributed by atoms with Gasteiger partial charge in [0.05, 0.1) is 6.04 Å². The Morgan fingerprint density at radius 1 is 1.27 bits per heavy atom. The molecule has 0 aromatic heterocycles. The van der Waals surface area contributed by atoms with Crippen molar-refractivity contribution in [3.8, 4) is 0 Å². The molecule has 3 aliphatic rings. The highest BCUT2D eigenvalue weighted by atomic mass is 35.5. The standard InChI is InChI=1S/C16H29N3OS.ClH/c1-21-10-7-14(17)16(20)18-9-6-15-12(11-18)3-2-8-19(15)13-4-5-13;/h12-15H,2-11,17H2,1H3;1H. The summed E-state index contributed by atoms with van der Waals surface area (Å²) in [5.41, 5.74) is 6.07. The summed E-state index contributed by atoms with van der Waals surface area (Å²) in [7, 11) is 0. The third-order valence-electron chi connectivity index (χ3n) is 5.39. The summed E-state index contributed by atoms with van der Waals surface area (Å²) in [5.74, 6) is 1.85. The molecule has 2 aliphatic heterocycles. The predicted molar refractivity (Wildman–Crippen MR) is 95.7 cm³/mol. The van der Waals surface area contributed by atoms with Crippen molar-refractivity contribution in [2.24, 2.45) is 11.7 Å². The van der Waals surface area contributed by atoms with Crippen LogP contribution in [0, 0.1) is 5.92 Å². The summed E-state index contributed by atoms with van der Waals surface area (Å²) in [6.07, 6.45) is 9.41. The highest BCUT2D eigenvalue weighted by molar-refractivity contribution is 7.98. The number of hydrogen-bond acceptors (Lipinski definition) is 4. The van der Waals surface area contributed by atoms with Crippen LogP contribution in [-0.2, 0) is 4.79 Å². The van der Waals surface area contributed by atoms with Crippen molar-refractivity contribution < 1.29 is 4.79 Å². The molecule has 3 rings (SSSR count). The molecule has 22 heavy (non-hydrogen) atoms. The van der Waals surface area contributed by atoms with E-state index in [4.69, 9.17) is 5.73 Å². The van der Waals surface area contributed by atoms with Gasteiger partial charge in [-0.25, -0.2) is 0 Å². The van der Waals surface area contributed by atoms with Crippen LogP contribution in [0.25, 0.3) is 0 Å². The van der Waals surface area contributed by atoms with Gasteiger partial charge in [-0.05, 0) is 63.0 Å². The Kier molecular flexibility index (Phi) is 6.87. The molecule has 3 fully saturated rings. The van der Waals surface area contributed by atoms with Crippen LogP contribution in [0.15, 0.2) is 0 Å². The van der Waals surface area contributed by atoms with Crippen molar-refractivity contribution in [1.29, 1.82) is 0 Å². The van der Waals surface area contributed by atoms with Crippen LogP contribution in [0.3, 0.4) is 0 Å². The van der Waals surface area contributed by atoms with E-state index in [9.17, 15) is 4.79 Å². The van der Waals surface area contributed by atoms with E-state index in [1.54, 1.807) is 11.8 Å². The molecular formula is C16H30ClN3OS. The zero-order valence-electron chi connectivity index (χ0n) is 13.6. The summed E-state index contributed by atoms with van der Waals surface area (Å²) in [4.78, 5) is 17.3. The summed E-state index contributed by atoms with van der Waals surface area (Å²) in [6, 6.07) is 1.30. The first-order chi connectivity index (χ1) is 10.2. The van der Waals surface area contributed by atoms with E-state index < -0.39 is 0 Å². The van der Waals surface area contributed by atoms with Crippen LogP contribution in [-0.4, -0.2) is 65.5 Å². The van der Waals surface area contributed by atoms with E-state index in [0.717, 1.165) is 43.8 Å². The number of hydrogen-bond donors (Lipinski definition) is 1. The molecule has 1 amide bonds. The molecule has 0 radical (unpaired) electrons. The van der Waals surface area contributed by atoms with Crippen LogP contribution >= 0.6 is 24.2 Å². The van der Waals surface area contributed by atoms with Gasteiger partial charge in [0.2, 0.25) is 5.91 Å². The van der Waals surface area contributed by atoms with Gasteiger partial charge in [-0.3, -0.25) is 9.69 Å². The summed E-state index contributed by atoms with van der Waals surface area (Å²) >= 11 is 1.77. The van der Waals surface area contributed by atoms with Gasteiger partial charge in [-0.15, -0.1) is 12.4 Å². The largest absolute Gasteiger partial charge is 0.341 e. The van der Waals surface area contributed by atoms with Crippen molar-refractivity contribution in [1.82, 2.24) is 9.80 Å². The van der Waals surface area contributed by atoms with Gasteiger partial charge >= 0.3 is 0 Å². The Morgan fingerprint density at radius 2 is 2.05 bits per heavy atom. The minimum absolute atomic E-state index is 0. The highest BCUT2D eigenvalue weighted by Crippen LogP contribution is 2.38. The van der Waals surface area contributed by atoms with Gasteiger partial charge in [-0.1, -0.05) is 0 Å². The van der Waals surface area contributed by atoms with E-state index >= 15 is 0 Å². The van der Waals surface area contributed by atoms with Gasteiger partial charge in [0.15, 0.2) is 0 Å². The number of nitrogens with zero attached hydrogens (tertiary/aromatic N) is 2. The van der Waals surface area contributed by atoms with Crippen molar-refractivity contribution in [2.45, 2.75) is 56.7 Å². The number of halogens is 1. The first kappa shape index (κ1) is 18.4. The lowest BCUT2D eigenvalue weighted by atomic mass is 9.83. The number of thioether (sulfide) groups is 1. The molecule has 4 nitrogen and oxygen atoms in total. The molecule has 1 aliphatic carbocycles. The maximum Gasteiger partial charge on any atom is 0.239 e. The molecule has 0 spiro atoms. The molecule has 3 unspecified atom stereocenters. The average molecular weight is 348 g/mol. The highest BCUT2D eigenvalue weighted by Gasteiger charge is 2.42. The number of carbonyl (C=O) groups is 1. The number of amides is 1. The van der Waals surface area contributed by atoms with Gasteiger partial charge in [-0.2, -0.15) is 11.8 Å². The second-order valence-corrected chi connectivity index (χ2v) is 7.89. The maximum atomic E-state index is 12.5. The van der Waals surface area contributed by atoms with Crippen molar-refractivity contribution in [3.63, 3.8) is 0 Å². The summed E-state index contributed by atoms with van der Waals surface area (Å²) in [5, 5.41) is 0. The second-order valence-electron chi connectivity index (χ2n) is 6.90. The van der Waals surface area contributed by atoms with Gasteiger partial charge in [0, 0.05) is 25.2 Å². The lowest BCUT2D eigenvalue weighted by molar-refractivity contribution is -0.136. The minimum Gasteiger partial charge on any atom is -0.341 e. The molecule has 0 aromatic rings. The SMILES string of the molecule is CSCCC(N)C(=O)N1CCC2C(CCCN2C2CC2)C1.Cl. The molecular weight excluding hydrogens is 318 g/mol. The monoisotopic (exact) mass is 347 g/mol.